The number of pyridine rings is 1. The monoisotopic (exact) mass is 445 g/mol. The molecule has 1 aliphatic heterocycles. The number of allylic oxidation sites excluding steroid dienone is 1. The highest BCUT2D eigenvalue weighted by atomic mass is 19.1. The molecule has 166 valence electrons. The Morgan fingerprint density at radius 1 is 1.21 bits per heavy atom. The fraction of sp³-hybridized carbons (Fsp3) is 0.208. The first-order chi connectivity index (χ1) is 15.9. The molecule has 33 heavy (non-hydrogen) atoms. The summed E-state index contributed by atoms with van der Waals surface area (Å²) in [6.07, 6.45) is 5.43. The minimum atomic E-state index is -0.833. The molecule has 0 spiro atoms. The second kappa shape index (κ2) is 9.04. The van der Waals surface area contributed by atoms with E-state index in [9.17, 15) is 24.0 Å². The van der Waals surface area contributed by atoms with Crippen molar-refractivity contribution < 1.29 is 18.8 Å². The molecule has 0 aliphatic carbocycles. The Balaban J connectivity index is 1.55. The highest BCUT2D eigenvalue weighted by Crippen LogP contribution is 2.30. The molecule has 0 bridgehead atoms. The van der Waals surface area contributed by atoms with Gasteiger partial charge in [-0.25, -0.2) is 4.39 Å². The van der Waals surface area contributed by atoms with Crippen LogP contribution in [0.15, 0.2) is 48.4 Å². The number of carbonyl (C=O) groups excluding carboxylic acids is 3. The van der Waals surface area contributed by atoms with Gasteiger partial charge in [0.1, 0.15) is 5.82 Å². The fourth-order valence-electron chi connectivity index (χ4n) is 4.03. The van der Waals surface area contributed by atoms with Crippen molar-refractivity contribution in [3.05, 3.63) is 65.4 Å². The van der Waals surface area contributed by atoms with Gasteiger partial charge in [-0.3, -0.25) is 19.4 Å². The molecule has 2 aromatic heterocycles. The third-order valence-corrected chi connectivity index (χ3v) is 5.60. The summed E-state index contributed by atoms with van der Waals surface area (Å²) in [7, 11) is 0. The predicted octanol–water partition coefficient (Wildman–Crippen LogP) is 3.44. The Morgan fingerprint density at radius 2 is 1.97 bits per heavy atom. The standard InChI is InChI=1S/C24H20FN5O3/c1-14(31)29-20-5-4-19(25)21-18(13-28-22(20)21)23(32)24(33)30-9-6-15(7-10-30)17(11-26)16-3-2-8-27-12-16/h2-5,8,12-13,28H,6-7,9-10H2,1H3,(H,29,31). The van der Waals surface area contributed by atoms with Crippen molar-refractivity contribution in [3.8, 4) is 6.07 Å². The number of amides is 2. The van der Waals surface area contributed by atoms with Gasteiger partial charge in [0.15, 0.2) is 0 Å². The summed E-state index contributed by atoms with van der Waals surface area (Å²) in [5, 5.41) is 12.1. The number of hydrogen-bond donors (Lipinski definition) is 2. The number of fused-ring (bicyclic) bond motifs is 1. The van der Waals surface area contributed by atoms with Crippen molar-refractivity contribution in [2.24, 2.45) is 0 Å². The number of hydrogen-bond acceptors (Lipinski definition) is 5. The molecule has 3 heterocycles. The number of H-pyrrole nitrogens is 1. The predicted molar refractivity (Wildman–Crippen MR) is 119 cm³/mol. The molecule has 2 N–H and O–H groups in total. The molecule has 1 aromatic carbocycles. The second-order valence-corrected chi connectivity index (χ2v) is 7.68. The molecule has 4 rings (SSSR count). The number of likely N-dealkylation sites (tertiary alicyclic amines) is 1. The largest absolute Gasteiger partial charge is 0.359 e. The summed E-state index contributed by atoms with van der Waals surface area (Å²) in [6.45, 7) is 1.86. The molecule has 1 fully saturated rings. The number of carbonyl (C=O) groups is 3. The number of ketones is 1. The summed E-state index contributed by atoms with van der Waals surface area (Å²) in [4.78, 5) is 45.5. The second-order valence-electron chi connectivity index (χ2n) is 7.68. The first kappa shape index (κ1) is 21.9. The molecule has 1 saturated heterocycles. The maximum atomic E-state index is 14.6. The number of Topliss-reactive ketones (excluding diaryl/α,β-unsaturated/α-hetero) is 1. The Bertz CT molecular complexity index is 1330. The van der Waals surface area contributed by atoms with Gasteiger partial charge >= 0.3 is 0 Å². The van der Waals surface area contributed by atoms with Crippen LogP contribution in [0.25, 0.3) is 16.5 Å². The Hall–Kier alpha value is -4.32. The van der Waals surface area contributed by atoms with Gasteiger partial charge in [0.2, 0.25) is 5.91 Å². The van der Waals surface area contributed by atoms with Crippen LogP contribution in [0.1, 0.15) is 35.7 Å². The first-order valence-corrected chi connectivity index (χ1v) is 10.3. The van der Waals surface area contributed by atoms with Crippen molar-refractivity contribution in [1.29, 1.82) is 5.26 Å². The van der Waals surface area contributed by atoms with Gasteiger partial charge in [-0.15, -0.1) is 0 Å². The maximum Gasteiger partial charge on any atom is 0.295 e. The van der Waals surface area contributed by atoms with Gasteiger partial charge in [0.05, 0.1) is 28.4 Å². The van der Waals surface area contributed by atoms with Crippen LogP contribution in [-0.4, -0.2) is 45.6 Å². The summed E-state index contributed by atoms with van der Waals surface area (Å²) < 4.78 is 14.6. The number of aromatic amines is 1. The van der Waals surface area contributed by atoms with E-state index in [-0.39, 0.29) is 35.5 Å². The minimum absolute atomic E-state index is 0.0412. The van der Waals surface area contributed by atoms with Crippen LogP contribution in [0.2, 0.25) is 0 Å². The topological polar surface area (TPSA) is 119 Å². The van der Waals surface area contributed by atoms with Gasteiger partial charge in [-0.2, -0.15) is 5.26 Å². The quantitative estimate of drug-likeness (QED) is 0.362. The molecular formula is C24H20FN5O3. The average Bonchev–Trinajstić information content (AvgIpc) is 3.28. The lowest BCUT2D eigenvalue weighted by atomic mass is 9.94. The smallest absolute Gasteiger partial charge is 0.295 e. The molecule has 0 radical (unpaired) electrons. The van der Waals surface area contributed by atoms with Gasteiger partial charge in [0, 0.05) is 49.6 Å². The maximum absolute atomic E-state index is 14.6. The highest BCUT2D eigenvalue weighted by molar-refractivity contribution is 6.45. The number of nitrogens with one attached hydrogen (secondary N) is 2. The first-order valence-electron chi connectivity index (χ1n) is 10.3. The number of piperidine rings is 1. The third-order valence-electron chi connectivity index (χ3n) is 5.60. The van der Waals surface area contributed by atoms with Gasteiger partial charge in [-0.05, 0) is 36.6 Å². The fourth-order valence-corrected chi connectivity index (χ4v) is 4.03. The van der Waals surface area contributed by atoms with Crippen molar-refractivity contribution in [2.45, 2.75) is 19.8 Å². The van der Waals surface area contributed by atoms with E-state index in [0.717, 1.165) is 17.2 Å². The summed E-state index contributed by atoms with van der Waals surface area (Å²) in [5.74, 6) is -2.59. The number of aromatic nitrogens is 2. The lowest BCUT2D eigenvalue weighted by Gasteiger charge is -2.28. The molecule has 0 saturated carbocycles. The van der Waals surface area contributed by atoms with Crippen LogP contribution in [0, 0.1) is 17.1 Å². The molecule has 9 heteroatoms. The minimum Gasteiger partial charge on any atom is -0.359 e. The zero-order valence-corrected chi connectivity index (χ0v) is 17.8. The molecule has 2 amide bonds. The lowest BCUT2D eigenvalue weighted by Crippen LogP contribution is -2.40. The summed E-state index contributed by atoms with van der Waals surface area (Å²) in [6, 6.07) is 8.30. The van der Waals surface area contributed by atoms with E-state index in [1.54, 1.807) is 24.5 Å². The van der Waals surface area contributed by atoms with E-state index >= 15 is 0 Å². The zero-order chi connectivity index (χ0) is 23.5. The Labute approximate surface area is 188 Å². The van der Waals surface area contributed by atoms with Crippen molar-refractivity contribution in [2.75, 3.05) is 18.4 Å². The zero-order valence-electron chi connectivity index (χ0n) is 17.8. The third kappa shape index (κ3) is 4.23. The lowest BCUT2D eigenvalue weighted by molar-refractivity contribution is -0.126. The van der Waals surface area contributed by atoms with Gasteiger partial charge < -0.3 is 15.2 Å². The summed E-state index contributed by atoms with van der Waals surface area (Å²) in [5.41, 5.74) is 2.62. The van der Waals surface area contributed by atoms with Crippen LogP contribution in [0.3, 0.4) is 0 Å². The SMILES string of the molecule is CC(=O)Nc1ccc(F)c2c(C(=O)C(=O)N3CCC(=C(C#N)c4cccnc4)CC3)c[nH]c12. The number of rotatable bonds is 4. The molecule has 3 aromatic rings. The number of benzene rings is 1. The van der Waals surface area contributed by atoms with Crippen LogP contribution in [-0.2, 0) is 9.59 Å². The van der Waals surface area contributed by atoms with E-state index in [0.29, 0.717) is 24.1 Å². The molecule has 0 atom stereocenters. The van der Waals surface area contributed by atoms with Crippen LogP contribution in [0.5, 0.6) is 0 Å². The molecule has 0 unspecified atom stereocenters. The van der Waals surface area contributed by atoms with E-state index in [4.69, 9.17) is 0 Å². The number of nitrogens with zero attached hydrogens (tertiary/aromatic N) is 3. The Morgan fingerprint density at radius 3 is 2.61 bits per heavy atom. The van der Waals surface area contributed by atoms with Crippen LogP contribution in [0.4, 0.5) is 10.1 Å². The van der Waals surface area contributed by atoms with Crippen molar-refractivity contribution in [3.63, 3.8) is 0 Å². The number of nitriles is 1. The average molecular weight is 445 g/mol. The van der Waals surface area contributed by atoms with Crippen molar-refractivity contribution >= 4 is 39.8 Å². The molecule has 1 aliphatic rings. The normalized spacial score (nSPS) is 13.5. The number of anilines is 1. The van der Waals surface area contributed by atoms with E-state index in [1.807, 2.05) is 0 Å². The van der Waals surface area contributed by atoms with E-state index in [1.165, 1.54) is 24.1 Å². The molecule has 8 nitrogen and oxygen atoms in total. The van der Waals surface area contributed by atoms with Crippen LogP contribution < -0.4 is 5.32 Å². The van der Waals surface area contributed by atoms with Gasteiger partial charge in [-0.1, -0.05) is 6.07 Å². The van der Waals surface area contributed by atoms with E-state index < -0.39 is 17.5 Å². The molecular weight excluding hydrogens is 425 g/mol. The number of halogens is 1. The van der Waals surface area contributed by atoms with E-state index in [2.05, 4.69) is 21.4 Å². The highest BCUT2D eigenvalue weighted by Gasteiger charge is 2.29. The van der Waals surface area contributed by atoms with Crippen LogP contribution >= 0.6 is 0 Å². The van der Waals surface area contributed by atoms with Gasteiger partial charge in [0.25, 0.3) is 11.7 Å². The van der Waals surface area contributed by atoms with Crippen molar-refractivity contribution in [1.82, 2.24) is 14.9 Å². The Kier molecular flexibility index (Phi) is 6.00. The summed E-state index contributed by atoms with van der Waals surface area (Å²) >= 11 is 0.